The lowest BCUT2D eigenvalue weighted by molar-refractivity contribution is 0.372. The molecule has 0 aromatic carbocycles. The molecular weight excluding hydrogens is 176 g/mol. The molecule has 82 valence electrons. The van der Waals surface area contributed by atoms with Crippen LogP contribution < -0.4 is 16.4 Å². The van der Waals surface area contributed by atoms with Crippen molar-refractivity contribution in [1.82, 2.24) is 10.6 Å². The average molecular weight is 198 g/mol. The van der Waals surface area contributed by atoms with Gasteiger partial charge in [-0.2, -0.15) is 0 Å². The topological polar surface area (TPSA) is 73.9 Å². The number of rotatable bonds is 5. The Morgan fingerprint density at radius 3 is 2.57 bits per heavy atom. The van der Waals surface area contributed by atoms with Crippen LogP contribution in [0.25, 0.3) is 0 Å². The van der Waals surface area contributed by atoms with E-state index in [0.717, 1.165) is 25.6 Å². The molecule has 0 atom stereocenters. The van der Waals surface area contributed by atoms with Gasteiger partial charge in [-0.1, -0.05) is 19.3 Å². The van der Waals surface area contributed by atoms with E-state index in [2.05, 4.69) is 10.6 Å². The molecule has 0 aromatic heterocycles. The van der Waals surface area contributed by atoms with Gasteiger partial charge in [0, 0.05) is 12.6 Å². The number of hydrogen-bond acceptors (Lipinski definition) is 2. The third-order valence-corrected chi connectivity index (χ3v) is 2.71. The van der Waals surface area contributed by atoms with Crippen LogP contribution in [0.1, 0.15) is 38.5 Å². The molecule has 1 fully saturated rings. The summed E-state index contributed by atoms with van der Waals surface area (Å²) in [6.45, 7) is 1.83. The second-order valence-electron chi connectivity index (χ2n) is 3.98. The maximum Gasteiger partial charge on any atom is 0.185 e. The highest BCUT2D eigenvalue weighted by molar-refractivity contribution is 5.74. The van der Waals surface area contributed by atoms with Crippen LogP contribution in [0.4, 0.5) is 0 Å². The molecule has 5 N–H and O–H groups in total. The van der Waals surface area contributed by atoms with E-state index in [-0.39, 0.29) is 5.96 Å². The molecule has 1 rings (SSSR count). The van der Waals surface area contributed by atoms with E-state index in [0.29, 0.717) is 0 Å². The summed E-state index contributed by atoms with van der Waals surface area (Å²) >= 11 is 0. The summed E-state index contributed by atoms with van der Waals surface area (Å²) in [6.07, 6.45) is 7.87. The van der Waals surface area contributed by atoms with Gasteiger partial charge in [-0.25, -0.2) is 0 Å². The molecule has 1 aliphatic rings. The first-order valence-electron chi connectivity index (χ1n) is 5.60. The lowest BCUT2D eigenvalue weighted by Crippen LogP contribution is -2.35. The summed E-state index contributed by atoms with van der Waals surface area (Å²) in [6, 6.07) is 0.737. The summed E-state index contributed by atoms with van der Waals surface area (Å²) in [4.78, 5) is 0. The van der Waals surface area contributed by atoms with E-state index in [1.807, 2.05) is 0 Å². The van der Waals surface area contributed by atoms with E-state index >= 15 is 0 Å². The van der Waals surface area contributed by atoms with Gasteiger partial charge in [-0.05, 0) is 25.8 Å². The maximum atomic E-state index is 6.97. The van der Waals surface area contributed by atoms with Crippen LogP contribution in [-0.2, 0) is 0 Å². The molecule has 1 saturated carbocycles. The standard InChI is InChI=1S/C10H22N4/c11-10(12)14-8-4-7-13-9-5-2-1-3-6-9/h9,13H,1-8H2,(H4,11,12,14). The lowest BCUT2D eigenvalue weighted by atomic mass is 9.95. The molecule has 0 saturated heterocycles. The van der Waals surface area contributed by atoms with Crippen LogP contribution in [0, 0.1) is 5.41 Å². The van der Waals surface area contributed by atoms with Gasteiger partial charge in [0.25, 0.3) is 0 Å². The van der Waals surface area contributed by atoms with Gasteiger partial charge in [0.15, 0.2) is 5.96 Å². The Balaban J connectivity index is 1.90. The molecule has 4 heteroatoms. The van der Waals surface area contributed by atoms with Crippen molar-refractivity contribution in [2.75, 3.05) is 13.1 Å². The Bertz CT molecular complexity index is 164. The average Bonchev–Trinajstić information content (AvgIpc) is 2.18. The predicted molar refractivity (Wildman–Crippen MR) is 59.4 cm³/mol. The third kappa shape index (κ3) is 5.07. The Labute approximate surface area is 86.1 Å². The first-order chi connectivity index (χ1) is 6.79. The fourth-order valence-corrected chi connectivity index (χ4v) is 1.92. The molecule has 0 bridgehead atoms. The normalized spacial score (nSPS) is 18.0. The minimum absolute atomic E-state index is 0.0719. The minimum atomic E-state index is 0.0719. The summed E-state index contributed by atoms with van der Waals surface area (Å²) in [7, 11) is 0. The van der Waals surface area contributed by atoms with Crippen molar-refractivity contribution in [2.24, 2.45) is 5.73 Å². The summed E-state index contributed by atoms with van der Waals surface area (Å²) in [5.41, 5.74) is 5.17. The second kappa shape index (κ2) is 6.65. The molecule has 0 unspecified atom stereocenters. The Kier molecular flexibility index (Phi) is 5.37. The van der Waals surface area contributed by atoms with Crippen LogP contribution >= 0.6 is 0 Å². The minimum Gasteiger partial charge on any atom is -0.370 e. The highest BCUT2D eigenvalue weighted by atomic mass is 15.0. The van der Waals surface area contributed by atoms with Crippen molar-refractivity contribution in [3.63, 3.8) is 0 Å². The van der Waals surface area contributed by atoms with Gasteiger partial charge in [0.05, 0.1) is 0 Å². The molecule has 1 aliphatic carbocycles. The first kappa shape index (κ1) is 11.3. The highest BCUT2D eigenvalue weighted by Gasteiger charge is 2.11. The van der Waals surface area contributed by atoms with Crippen LogP contribution in [0.15, 0.2) is 0 Å². The maximum absolute atomic E-state index is 6.97. The number of hydrogen-bond donors (Lipinski definition) is 4. The van der Waals surface area contributed by atoms with Gasteiger partial charge in [0.1, 0.15) is 0 Å². The van der Waals surface area contributed by atoms with Crippen LogP contribution in [0.2, 0.25) is 0 Å². The Morgan fingerprint density at radius 2 is 1.93 bits per heavy atom. The van der Waals surface area contributed by atoms with E-state index in [1.165, 1.54) is 32.1 Å². The van der Waals surface area contributed by atoms with E-state index in [1.54, 1.807) is 0 Å². The highest BCUT2D eigenvalue weighted by Crippen LogP contribution is 2.16. The summed E-state index contributed by atoms with van der Waals surface area (Å²) < 4.78 is 0. The van der Waals surface area contributed by atoms with E-state index in [9.17, 15) is 0 Å². The van der Waals surface area contributed by atoms with Crippen LogP contribution in [0.3, 0.4) is 0 Å². The van der Waals surface area contributed by atoms with E-state index < -0.39 is 0 Å². The van der Waals surface area contributed by atoms with Gasteiger partial charge < -0.3 is 16.4 Å². The molecule has 14 heavy (non-hydrogen) atoms. The van der Waals surface area contributed by atoms with Crippen LogP contribution in [-0.4, -0.2) is 25.1 Å². The second-order valence-corrected chi connectivity index (χ2v) is 3.98. The van der Waals surface area contributed by atoms with Crippen molar-refractivity contribution < 1.29 is 0 Å². The SMILES string of the molecule is N=C(N)NCCCNC1CCCCC1. The Hall–Kier alpha value is -0.770. The fourth-order valence-electron chi connectivity index (χ4n) is 1.92. The predicted octanol–water partition coefficient (Wildman–Crippen LogP) is 0.782. The molecule has 0 radical (unpaired) electrons. The smallest absolute Gasteiger partial charge is 0.185 e. The number of nitrogens with two attached hydrogens (primary N) is 1. The van der Waals surface area contributed by atoms with Crippen molar-refractivity contribution in [1.29, 1.82) is 5.41 Å². The molecule has 0 aromatic rings. The quantitative estimate of drug-likeness (QED) is 0.300. The van der Waals surface area contributed by atoms with Crippen LogP contribution in [0.5, 0.6) is 0 Å². The zero-order chi connectivity index (χ0) is 10.2. The fraction of sp³-hybridized carbons (Fsp3) is 0.900. The van der Waals surface area contributed by atoms with Gasteiger partial charge in [-0.3, -0.25) is 5.41 Å². The largest absolute Gasteiger partial charge is 0.370 e. The van der Waals surface area contributed by atoms with Gasteiger partial charge >= 0.3 is 0 Å². The summed E-state index contributed by atoms with van der Waals surface area (Å²) in [5.74, 6) is 0.0719. The first-order valence-corrected chi connectivity index (χ1v) is 5.60. The van der Waals surface area contributed by atoms with Crippen molar-refractivity contribution in [3.05, 3.63) is 0 Å². The lowest BCUT2D eigenvalue weighted by Gasteiger charge is -2.22. The van der Waals surface area contributed by atoms with Gasteiger partial charge in [-0.15, -0.1) is 0 Å². The molecular formula is C10H22N4. The molecule has 0 amide bonds. The molecule has 0 aliphatic heterocycles. The monoisotopic (exact) mass is 198 g/mol. The Morgan fingerprint density at radius 1 is 1.21 bits per heavy atom. The number of nitrogens with one attached hydrogen (secondary N) is 3. The van der Waals surface area contributed by atoms with E-state index in [4.69, 9.17) is 11.1 Å². The van der Waals surface area contributed by atoms with Crippen molar-refractivity contribution in [3.8, 4) is 0 Å². The number of guanidine groups is 1. The molecule has 0 heterocycles. The zero-order valence-corrected chi connectivity index (χ0v) is 8.81. The van der Waals surface area contributed by atoms with Crippen molar-refractivity contribution in [2.45, 2.75) is 44.6 Å². The third-order valence-electron chi connectivity index (χ3n) is 2.71. The molecule has 0 spiro atoms. The van der Waals surface area contributed by atoms with Gasteiger partial charge in [0.2, 0.25) is 0 Å². The molecule has 4 nitrogen and oxygen atoms in total. The zero-order valence-electron chi connectivity index (χ0n) is 8.81. The summed E-state index contributed by atoms with van der Waals surface area (Å²) in [5, 5.41) is 13.3. The van der Waals surface area contributed by atoms with Crippen molar-refractivity contribution >= 4 is 5.96 Å².